The maximum absolute atomic E-state index is 5.91. The molecule has 0 spiro atoms. The minimum Gasteiger partial charge on any atom is -0.454 e. The Morgan fingerprint density at radius 2 is 1.94 bits per heavy atom. The third kappa shape index (κ3) is 2.14. The molecule has 0 bridgehead atoms. The zero-order valence-corrected chi connectivity index (χ0v) is 9.40. The Morgan fingerprint density at radius 1 is 1.12 bits per heavy atom. The third-order valence-corrected chi connectivity index (χ3v) is 2.40. The number of nitrogens with zero attached hydrogens (tertiary/aromatic N) is 1. The predicted octanol–water partition coefficient (Wildman–Crippen LogP) is 3.07. The van der Waals surface area contributed by atoms with Gasteiger partial charge < -0.3 is 10.5 Å². The fourth-order valence-corrected chi connectivity index (χ4v) is 1.38. The fraction of sp³-hybridized carbons (Fsp3) is 0.154. The lowest BCUT2D eigenvalue weighted by Crippen LogP contribution is -1.95. The van der Waals surface area contributed by atoms with Gasteiger partial charge in [-0.05, 0) is 37.6 Å². The molecule has 0 atom stereocenters. The summed E-state index contributed by atoms with van der Waals surface area (Å²) in [5, 5.41) is 0. The van der Waals surface area contributed by atoms with Crippen LogP contribution in [0.5, 0.6) is 11.5 Å². The van der Waals surface area contributed by atoms with Gasteiger partial charge in [0.05, 0.1) is 11.9 Å². The van der Waals surface area contributed by atoms with Gasteiger partial charge in [0.25, 0.3) is 0 Å². The Bertz CT molecular complexity index is 492. The summed E-state index contributed by atoms with van der Waals surface area (Å²) in [6, 6.07) is 9.51. The highest BCUT2D eigenvalue weighted by Crippen LogP contribution is 2.28. The number of aryl methyl sites for hydroxylation is 2. The Kier molecular flexibility index (Phi) is 2.77. The summed E-state index contributed by atoms with van der Waals surface area (Å²) in [4.78, 5) is 4.16. The first kappa shape index (κ1) is 10.5. The third-order valence-electron chi connectivity index (χ3n) is 2.40. The molecule has 0 saturated heterocycles. The van der Waals surface area contributed by atoms with Gasteiger partial charge >= 0.3 is 0 Å². The van der Waals surface area contributed by atoms with Gasteiger partial charge in [-0.25, -0.2) is 0 Å². The van der Waals surface area contributed by atoms with Crippen molar-refractivity contribution in [3.63, 3.8) is 0 Å². The van der Waals surface area contributed by atoms with E-state index in [1.807, 2.05) is 44.2 Å². The van der Waals surface area contributed by atoms with Gasteiger partial charge in [-0.3, -0.25) is 4.98 Å². The molecular weight excluding hydrogens is 200 g/mol. The predicted molar refractivity (Wildman–Crippen MR) is 64.6 cm³/mol. The topological polar surface area (TPSA) is 48.1 Å². The summed E-state index contributed by atoms with van der Waals surface area (Å²) >= 11 is 0. The van der Waals surface area contributed by atoms with Crippen molar-refractivity contribution in [1.29, 1.82) is 0 Å². The standard InChI is InChI=1S/C13H14N2O/c1-9-4-3-5-12(13(9)14)16-11-7-6-10(2)15-8-11/h3-8H,14H2,1-2H3. The average Bonchev–Trinajstić information content (AvgIpc) is 2.28. The molecule has 0 saturated carbocycles. The van der Waals surface area contributed by atoms with Crippen molar-refractivity contribution in [3.05, 3.63) is 47.8 Å². The van der Waals surface area contributed by atoms with Gasteiger partial charge in [-0.15, -0.1) is 0 Å². The molecule has 1 aromatic heterocycles. The highest BCUT2D eigenvalue weighted by atomic mass is 16.5. The maximum Gasteiger partial charge on any atom is 0.150 e. The van der Waals surface area contributed by atoms with Gasteiger partial charge in [0.1, 0.15) is 5.75 Å². The van der Waals surface area contributed by atoms with Gasteiger partial charge in [-0.2, -0.15) is 0 Å². The Morgan fingerprint density at radius 3 is 2.62 bits per heavy atom. The normalized spacial score (nSPS) is 10.1. The first-order valence-electron chi connectivity index (χ1n) is 5.12. The van der Waals surface area contributed by atoms with Crippen molar-refractivity contribution >= 4 is 5.69 Å². The summed E-state index contributed by atoms with van der Waals surface area (Å²) in [5.74, 6) is 1.37. The summed E-state index contributed by atoms with van der Waals surface area (Å²) in [7, 11) is 0. The van der Waals surface area contributed by atoms with Crippen LogP contribution in [0.1, 0.15) is 11.3 Å². The quantitative estimate of drug-likeness (QED) is 0.781. The number of pyridine rings is 1. The van der Waals surface area contributed by atoms with Crippen LogP contribution in [0.15, 0.2) is 36.5 Å². The maximum atomic E-state index is 5.91. The monoisotopic (exact) mass is 214 g/mol. The summed E-state index contributed by atoms with van der Waals surface area (Å²) < 4.78 is 5.66. The van der Waals surface area contributed by atoms with E-state index >= 15 is 0 Å². The van der Waals surface area contributed by atoms with E-state index in [9.17, 15) is 0 Å². The second kappa shape index (κ2) is 4.23. The largest absolute Gasteiger partial charge is 0.454 e. The molecule has 0 aliphatic carbocycles. The van der Waals surface area contributed by atoms with Gasteiger partial charge in [0.15, 0.2) is 5.75 Å². The van der Waals surface area contributed by atoms with Crippen LogP contribution >= 0.6 is 0 Å². The molecule has 0 fully saturated rings. The molecule has 1 heterocycles. The number of benzene rings is 1. The van der Waals surface area contributed by atoms with E-state index in [2.05, 4.69) is 4.98 Å². The zero-order chi connectivity index (χ0) is 11.5. The van der Waals surface area contributed by atoms with Crippen LogP contribution < -0.4 is 10.5 Å². The summed E-state index contributed by atoms with van der Waals surface area (Å²) in [6.45, 7) is 3.89. The van der Waals surface area contributed by atoms with Crippen molar-refractivity contribution in [3.8, 4) is 11.5 Å². The lowest BCUT2D eigenvalue weighted by Gasteiger charge is -2.09. The van der Waals surface area contributed by atoms with Crippen LogP contribution in [-0.4, -0.2) is 4.98 Å². The Hall–Kier alpha value is -2.03. The number of nitrogens with two attached hydrogens (primary N) is 1. The van der Waals surface area contributed by atoms with E-state index < -0.39 is 0 Å². The van der Waals surface area contributed by atoms with Crippen LogP contribution in [0, 0.1) is 13.8 Å². The lowest BCUT2D eigenvalue weighted by molar-refractivity contribution is 0.482. The average molecular weight is 214 g/mol. The van der Waals surface area contributed by atoms with Gasteiger partial charge in [0, 0.05) is 5.69 Å². The fourth-order valence-electron chi connectivity index (χ4n) is 1.38. The van der Waals surface area contributed by atoms with Crippen LogP contribution in [0.25, 0.3) is 0 Å². The van der Waals surface area contributed by atoms with Gasteiger partial charge in [-0.1, -0.05) is 12.1 Å². The van der Waals surface area contributed by atoms with E-state index in [1.54, 1.807) is 6.20 Å². The molecule has 0 aliphatic heterocycles. The second-order valence-electron chi connectivity index (χ2n) is 3.72. The minimum absolute atomic E-state index is 0.670. The molecule has 0 aliphatic rings. The van der Waals surface area contributed by atoms with Crippen LogP contribution in [0.4, 0.5) is 5.69 Å². The van der Waals surface area contributed by atoms with Crippen LogP contribution in [-0.2, 0) is 0 Å². The molecular formula is C13H14N2O. The van der Waals surface area contributed by atoms with E-state index in [0.29, 0.717) is 17.2 Å². The first-order valence-corrected chi connectivity index (χ1v) is 5.12. The van der Waals surface area contributed by atoms with Crippen molar-refractivity contribution in [2.45, 2.75) is 13.8 Å². The van der Waals surface area contributed by atoms with E-state index in [1.165, 1.54) is 0 Å². The number of rotatable bonds is 2. The van der Waals surface area contributed by atoms with Crippen molar-refractivity contribution in [1.82, 2.24) is 4.98 Å². The van der Waals surface area contributed by atoms with Crippen molar-refractivity contribution < 1.29 is 4.74 Å². The van der Waals surface area contributed by atoms with E-state index in [-0.39, 0.29) is 0 Å². The molecule has 0 radical (unpaired) electrons. The second-order valence-corrected chi connectivity index (χ2v) is 3.72. The summed E-state index contributed by atoms with van der Waals surface area (Å²) in [6.07, 6.45) is 1.69. The number of nitrogen functional groups attached to an aromatic ring is 1. The molecule has 16 heavy (non-hydrogen) atoms. The highest BCUT2D eigenvalue weighted by Gasteiger charge is 2.03. The molecule has 3 nitrogen and oxygen atoms in total. The van der Waals surface area contributed by atoms with Crippen LogP contribution in [0.3, 0.4) is 0 Å². The summed E-state index contributed by atoms with van der Waals surface area (Å²) in [5.41, 5.74) is 8.56. The van der Waals surface area contributed by atoms with Crippen molar-refractivity contribution in [2.75, 3.05) is 5.73 Å². The molecule has 82 valence electrons. The number of anilines is 1. The number of hydrogen-bond donors (Lipinski definition) is 1. The number of para-hydroxylation sites is 1. The van der Waals surface area contributed by atoms with Crippen LogP contribution in [0.2, 0.25) is 0 Å². The molecule has 0 unspecified atom stereocenters. The molecule has 0 amide bonds. The Balaban J connectivity index is 2.27. The zero-order valence-electron chi connectivity index (χ0n) is 9.40. The number of hydrogen-bond acceptors (Lipinski definition) is 3. The van der Waals surface area contributed by atoms with E-state index in [0.717, 1.165) is 11.3 Å². The lowest BCUT2D eigenvalue weighted by atomic mass is 10.2. The molecule has 1 aromatic carbocycles. The Labute approximate surface area is 94.9 Å². The highest BCUT2D eigenvalue weighted by molar-refractivity contribution is 5.58. The van der Waals surface area contributed by atoms with Crippen molar-refractivity contribution in [2.24, 2.45) is 0 Å². The first-order chi connectivity index (χ1) is 7.66. The number of ether oxygens (including phenoxy) is 1. The minimum atomic E-state index is 0.670. The molecule has 2 aromatic rings. The SMILES string of the molecule is Cc1ccc(Oc2cccc(C)c2N)cn1. The smallest absolute Gasteiger partial charge is 0.150 e. The number of aromatic nitrogens is 1. The van der Waals surface area contributed by atoms with E-state index in [4.69, 9.17) is 10.5 Å². The molecule has 2 N–H and O–H groups in total. The molecule has 3 heteroatoms. The molecule has 2 rings (SSSR count). The van der Waals surface area contributed by atoms with Gasteiger partial charge in [0.2, 0.25) is 0 Å².